The molecule has 3 amide bonds. The molecule has 3 aliphatic heterocycles. The summed E-state index contributed by atoms with van der Waals surface area (Å²) in [4.78, 5) is 42.4. The number of fused-ring (bicyclic) bond motifs is 1. The minimum absolute atomic E-state index is 0.000736. The molecule has 0 aromatic heterocycles. The second kappa shape index (κ2) is 9.47. The van der Waals surface area contributed by atoms with Crippen LogP contribution < -0.4 is 10.6 Å². The number of unbranched alkanes of at least 4 members (excludes halogenated alkanes) is 1. The summed E-state index contributed by atoms with van der Waals surface area (Å²) in [6.45, 7) is 6.71. The first-order valence-electron chi connectivity index (χ1n) is 12.2. The number of para-hydroxylation sites is 1. The molecule has 0 saturated carbocycles. The summed E-state index contributed by atoms with van der Waals surface area (Å²) in [5.74, 6) is -2.22. The predicted octanol–water partition coefficient (Wildman–Crippen LogP) is 2.59. The molecule has 3 saturated heterocycles. The lowest BCUT2D eigenvalue weighted by Gasteiger charge is -2.36. The lowest BCUT2D eigenvalue weighted by molar-refractivity contribution is -0.146. The molecule has 3 aliphatic rings. The third-order valence-electron chi connectivity index (χ3n) is 7.83. The molecule has 3 unspecified atom stereocenters. The topological polar surface area (TPSA) is 108 Å². The Morgan fingerprint density at radius 2 is 2.00 bits per heavy atom. The average molecular weight is 492 g/mol. The van der Waals surface area contributed by atoms with E-state index in [-0.39, 0.29) is 30.2 Å². The van der Waals surface area contributed by atoms with E-state index in [1.54, 1.807) is 29.2 Å². The number of hydrogen-bond donors (Lipinski definition) is 3. The second-order valence-corrected chi connectivity index (χ2v) is 10.3. The molecule has 3 fully saturated rings. The molecular weight excluding hydrogens is 458 g/mol. The molecule has 2 bridgehead atoms. The van der Waals surface area contributed by atoms with Gasteiger partial charge in [0.2, 0.25) is 17.7 Å². The van der Waals surface area contributed by atoms with Crippen molar-refractivity contribution >= 4 is 35.0 Å². The summed E-state index contributed by atoms with van der Waals surface area (Å²) in [5, 5.41) is 15.5. The number of likely N-dealkylation sites (tertiary alicyclic amines) is 1. The van der Waals surface area contributed by atoms with Crippen molar-refractivity contribution in [1.82, 2.24) is 10.2 Å². The highest BCUT2D eigenvalue weighted by atomic mass is 35.5. The van der Waals surface area contributed by atoms with E-state index in [1.165, 1.54) is 0 Å². The predicted molar refractivity (Wildman–Crippen MR) is 128 cm³/mol. The van der Waals surface area contributed by atoms with E-state index in [0.29, 0.717) is 43.1 Å². The minimum atomic E-state index is -1.09. The average Bonchev–Trinajstić information content (AvgIpc) is 3.31. The van der Waals surface area contributed by atoms with E-state index in [0.717, 1.165) is 6.42 Å². The van der Waals surface area contributed by atoms with Gasteiger partial charge in [-0.2, -0.15) is 0 Å². The van der Waals surface area contributed by atoms with Gasteiger partial charge >= 0.3 is 0 Å². The van der Waals surface area contributed by atoms with Gasteiger partial charge in [0.1, 0.15) is 11.6 Å². The van der Waals surface area contributed by atoms with Crippen molar-refractivity contribution in [3.8, 4) is 0 Å². The monoisotopic (exact) mass is 491 g/mol. The summed E-state index contributed by atoms with van der Waals surface area (Å²) in [6.07, 6.45) is 2.34. The number of carbonyl (C=O) groups is 3. The number of benzene rings is 1. The van der Waals surface area contributed by atoms with Crippen LogP contribution in [-0.2, 0) is 19.1 Å². The summed E-state index contributed by atoms with van der Waals surface area (Å²) in [6, 6.07) is 6.05. The van der Waals surface area contributed by atoms with Crippen LogP contribution in [0.1, 0.15) is 46.5 Å². The van der Waals surface area contributed by atoms with Crippen LogP contribution in [-0.4, -0.2) is 64.7 Å². The zero-order valence-electron chi connectivity index (χ0n) is 20.0. The van der Waals surface area contributed by atoms with Crippen molar-refractivity contribution in [2.45, 2.75) is 63.7 Å². The van der Waals surface area contributed by atoms with Gasteiger partial charge in [0.05, 0.1) is 28.1 Å². The van der Waals surface area contributed by atoms with Crippen molar-refractivity contribution in [3.63, 3.8) is 0 Å². The first kappa shape index (κ1) is 24.9. The Labute approximate surface area is 205 Å². The molecule has 1 spiro atoms. The molecule has 6 atom stereocenters. The zero-order chi connectivity index (χ0) is 24.7. The lowest BCUT2D eigenvalue weighted by Crippen LogP contribution is -2.54. The van der Waals surface area contributed by atoms with E-state index in [2.05, 4.69) is 10.6 Å². The van der Waals surface area contributed by atoms with Crippen LogP contribution in [0.15, 0.2) is 24.3 Å². The number of aliphatic hydroxyl groups excluding tert-OH is 1. The van der Waals surface area contributed by atoms with Gasteiger partial charge in [0.25, 0.3) is 0 Å². The van der Waals surface area contributed by atoms with Crippen LogP contribution >= 0.6 is 11.6 Å². The van der Waals surface area contributed by atoms with Crippen LogP contribution in [0.3, 0.4) is 0 Å². The van der Waals surface area contributed by atoms with Gasteiger partial charge in [-0.25, -0.2) is 0 Å². The van der Waals surface area contributed by atoms with Crippen molar-refractivity contribution in [2.24, 2.45) is 17.8 Å². The van der Waals surface area contributed by atoms with Gasteiger partial charge in [-0.05, 0) is 50.7 Å². The number of rotatable bonds is 9. The van der Waals surface area contributed by atoms with Gasteiger partial charge < -0.3 is 25.4 Å². The Kier molecular flexibility index (Phi) is 6.95. The summed E-state index contributed by atoms with van der Waals surface area (Å²) >= 11 is 6.28. The van der Waals surface area contributed by atoms with Gasteiger partial charge in [-0.3, -0.25) is 14.4 Å². The molecule has 1 aromatic carbocycles. The zero-order valence-corrected chi connectivity index (χ0v) is 20.7. The maximum Gasteiger partial charge on any atom is 0.250 e. The normalized spacial score (nSPS) is 33.8. The maximum atomic E-state index is 13.8. The number of halogens is 1. The first-order valence-corrected chi connectivity index (χ1v) is 12.5. The highest BCUT2D eigenvalue weighted by molar-refractivity contribution is 6.33. The highest BCUT2D eigenvalue weighted by Gasteiger charge is 2.79. The van der Waals surface area contributed by atoms with Crippen LogP contribution in [0.25, 0.3) is 0 Å². The van der Waals surface area contributed by atoms with Crippen LogP contribution in [0, 0.1) is 17.8 Å². The van der Waals surface area contributed by atoms with E-state index in [4.69, 9.17) is 16.3 Å². The van der Waals surface area contributed by atoms with Crippen molar-refractivity contribution < 1.29 is 24.2 Å². The fraction of sp³-hybridized carbons (Fsp3) is 0.640. The number of aliphatic hydroxyl groups is 1. The summed E-state index contributed by atoms with van der Waals surface area (Å²) < 4.78 is 6.64. The summed E-state index contributed by atoms with van der Waals surface area (Å²) in [7, 11) is 0. The summed E-state index contributed by atoms with van der Waals surface area (Å²) in [5.41, 5.74) is -1.47. The smallest absolute Gasteiger partial charge is 0.250 e. The molecule has 0 aliphatic carbocycles. The van der Waals surface area contributed by atoms with E-state index in [9.17, 15) is 19.5 Å². The number of ether oxygens (including phenoxy) is 1. The molecule has 0 radical (unpaired) electrons. The fourth-order valence-electron chi connectivity index (χ4n) is 6.20. The highest BCUT2D eigenvalue weighted by Crippen LogP contribution is 2.65. The SMILES string of the molecule is CCCNC(=O)[C@@H]1[C@H]2C(=O)N(CCCCO)C(C(=O)Nc3ccccc3Cl)C23CC(C)[C@@]1(C)O3. The van der Waals surface area contributed by atoms with Gasteiger partial charge in [0.15, 0.2) is 0 Å². The Morgan fingerprint density at radius 3 is 2.68 bits per heavy atom. The molecule has 34 heavy (non-hydrogen) atoms. The third kappa shape index (κ3) is 3.80. The largest absolute Gasteiger partial charge is 0.396 e. The number of amides is 3. The molecule has 9 heteroatoms. The van der Waals surface area contributed by atoms with Crippen LogP contribution in [0.5, 0.6) is 0 Å². The van der Waals surface area contributed by atoms with Crippen LogP contribution in [0.4, 0.5) is 5.69 Å². The number of hydrogen-bond acceptors (Lipinski definition) is 5. The molecule has 8 nitrogen and oxygen atoms in total. The molecular formula is C25H34ClN3O5. The Balaban J connectivity index is 1.73. The third-order valence-corrected chi connectivity index (χ3v) is 8.16. The van der Waals surface area contributed by atoms with Gasteiger partial charge in [0, 0.05) is 19.7 Å². The molecule has 4 rings (SSSR count). The quantitative estimate of drug-likeness (QED) is 0.460. The maximum absolute atomic E-state index is 13.8. The number of carbonyl (C=O) groups excluding carboxylic acids is 3. The molecule has 1 aromatic rings. The number of nitrogens with zero attached hydrogens (tertiary/aromatic N) is 1. The number of nitrogens with one attached hydrogen (secondary N) is 2. The van der Waals surface area contributed by atoms with Gasteiger partial charge in [-0.1, -0.05) is 37.6 Å². The minimum Gasteiger partial charge on any atom is -0.396 e. The second-order valence-electron chi connectivity index (χ2n) is 9.93. The van der Waals surface area contributed by atoms with Crippen molar-refractivity contribution in [1.29, 1.82) is 0 Å². The number of anilines is 1. The Hall–Kier alpha value is -2.16. The first-order chi connectivity index (χ1) is 16.2. The van der Waals surface area contributed by atoms with Crippen LogP contribution in [0.2, 0.25) is 5.02 Å². The van der Waals surface area contributed by atoms with Crippen molar-refractivity contribution in [3.05, 3.63) is 29.3 Å². The molecule has 3 N–H and O–H groups in total. The van der Waals surface area contributed by atoms with E-state index < -0.39 is 29.1 Å². The standard InChI is InChI=1S/C25H34ClN3O5/c1-4-11-27-21(31)18-19-23(33)29(12-7-8-13-30)20(25(19)14-15(2)24(18,3)34-25)22(32)28-17-10-6-5-9-16(17)26/h5-6,9-10,15,18-20,30H,4,7-8,11-14H2,1-3H3,(H,27,31)(H,28,32)/t15?,18-,19-,20?,24+,25?/m0/s1. The van der Waals surface area contributed by atoms with Gasteiger partial charge in [-0.15, -0.1) is 0 Å². The lowest BCUT2D eigenvalue weighted by atomic mass is 9.62. The fourth-order valence-corrected chi connectivity index (χ4v) is 6.38. The Morgan fingerprint density at radius 1 is 1.26 bits per heavy atom. The molecule has 186 valence electrons. The Bertz CT molecular complexity index is 974. The molecule has 3 heterocycles. The van der Waals surface area contributed by atoms with Crippen molar-refractivity contribution in [2.75, 3.05) is 25.0 Å². The van der Waals surface area contributed by atoms with E-state index in [1.807, 2.05) is 20.8 Å². The van der Waals surface area contributed by atoms with E-state index >= 15 is 0 Å².